The highest BCUT2D eigenvalue weighted by Gasteiger charge is 2.19. The van der Waals surface area contributed by atoms with E-state index in [9.17, 15) is 19.7 Å². The lowest BCUT2D eigenvalue weighted by molar-refractivity contribution is -0.385. The molecule has 102 valence electrons. The molecule has 1 aromatic carbocycles. The van der Waals surface area contributed by atoms with Crippen molar-refractivity contribution in [3.05, 3.63) is 33.9 Å². The van der Waals surface area contributed by atoms with Gasteiger partial charge in [0, 0.05) is 11.6 Å². The fraction of sp³-hybridized carbons (Fsp3) is 0.333. The maximum Gasteiger partial charge on any atom is 0.311 e. The second-order valence-electron chi connectivity index (χ2n) is 3.84. The van der Waals surface area contributed by atoms with Crippen LogP contribution in [-0.4, -0.2) is 30.9 Å². The van der Waals surface area contributed by atoms with Crippen molar-refractivity contribution in [2.24, 2.45) is 5.92 Å². The van der Waals surface area contributed by atoms with Crippen LogP contribution in [0.15, 0.2) is 18.2 Å². The lowest BCUT2D eigenvalue weighted by Gasteiger charge is -2.11. The maximum atomic E-state index is 11.2. The zero-order valence-corrected chi connectivity index (χ0v) is 10.5. The van der Waals surface area contributed by atoms with Gasteiger partial charge in [0.15, 0.2) is 5.75 Å². The number of hydrogen-bond acceptors (Lipinski definition) is 6. The van der Waals surface area contributed by atoms with Gasteiger partial charge in [-0.3, -0.25) is 19.7 Å². The first-order chi connectivity index (χ1) is 8.99. The van der Waals surface area contributed by atoms with E-state index >= 15 is 0 Å². The molecular formula is C12H13NO6. The van der Waals surface area contributed by atoms with Crippen molar-refractivity contribution in [1.29, 1.82) is 0 Å². The van der Waals surface area contributed by atoms with E-state index in [2.05, 4.69) is 4.74 Å². The van der Waals surface area contributed by atoms with E-state index in [1.807, 2.05) is 0 Å². The van der Waals surface area contributed by atoms with Crippen molar-refractivity contribution in [3.8, 4) is 5.75 Å². The molecule has 0 N–H and O–H groups in total. The van der Waals surface area contributed by atoms with E-state index in [0.717, 1.165) is 0 Å². The van der Waals surface area contributed by atoms with Gasteiger partial charge in [-0.15, -0.1) is 0 Å². The van der Waals surface area contributed by atoms with Crippen molar-refractivity contribution in [2.45, 2.75) is 6.92 Å². The predicted octanol–water partition coefficient (Wildman–Crippen LogP) is 1.60. The van der Waals surface area contributed by atoms with Crippen LogP contribution >= 0.6 is 0 Å². The molecule has 0 aliphatic rings. The fourth-order valence-electron chi connectivity index (χ4n) is 1.35. The predicted molar refractivity (Wildman–Crippen MR) is 65.2 cm³/mol. The van der Waals surface area contributed by atoms with Crippen molar-refractivity contribution in [3.63, 3.8) is 0 Å². The number of nitro groups is 1. The standard InChI is InChI=1S/C12H13NO6/c1-8(12(15)18-2)7-19-11-5-9(6-14)3-4-10(11)13(16)17/h3-6,8H,7H2,1-2H3. The molecule has 1 rings (SSSR count). The zero-order chi connectivity index (χ0) is 14.4. The number of benzene rings is 1. The van der Waals surface area contributed by atoms with Gasteiger partial charge in [0.05, 0.1) is 18.0 Å². The smallest absolute Gasteiger partial charge is 0.311 e. The van der Waals surface area contributed by atoms with Crippen LogP contribution in [0.4, 0.5) is 5.69 Å². The second kappa shape index (κ2) is 6.48. The number of carbonyl (C=O) groups excluding carboxylic acids is 2. The summed E-state index contributed by atoms with van der Waals surface area (Å²) in [6.07, 6.45) is 0.556. The first-order valence-corrected chi connectivity index (χ1v) is 5.43. The number of nitro benzene ring substituents is 1. The molecule has 7 nitrogen and oxygen atoms in total. The maximum absolute atomic E-state index is 11.2. The largest absolute Gasteiger partial charge is 0.486 e. The normalized spacial score (nSPS) is 11.5. The molecule has 7 heteroatoms. The minimum absolute atomic E-state index is 0.0506. The number of aldehydes is 1. The minimum Gasteiger partial charge on any atom is -0.486 e. The van der Waals surface area contributed by atoms with E-state index in [1.165, 1.54) is 25.3 Å². The number of ether oxygens (including phenoxy) is 2. The molecule has 0 aliphatic heterocycles. The highest BCUT2D eigenvalue weighted by atomic mass is 16.6. The summed E-state index contributed by atoms with van der Waals surface area (Å²) in [5.41, 5.74) is -0.00557. The number of methoxy groups -OCH3 is 1. The average Bonchev–Trinajstić information content (AvgIpc) is 2.43. The summed E-state index contributed by atoms with van der Waals surface area (Å²) in [5, 5.41) is 10.8. The molecule has 0 spiro atoms. The van der Waals surface area contributed by atoms with Gasteiger partial charge in [-0.25, -0.2) is 0 Å². The minimum atomic E-state index is -0.618. The third-order valence-corrected chi connectivity index (χ3v) is 2.41. The summed E-state index contributed by atoms with van der Waals surface area (Å²) >= 11 is 0. The van der Waals surface area contributed by atoms with Crippen LogP contribution in [0.1, 0.15) is 17.3 Å². The second-order valence-corrected chi connectivity index (χ2v) is 3.84. The Kier molecular flexibility index (Phi) is 4.99. The quantitative estimate of drug-likeness (QED) is 0.336. The average molecular weight is 267 g/mol. The SMILES string of the molecule is COC(=O)C(C)COc1cc(C=O)ccc1[N+](=O)[O-]. The Bertz CT molecular complexity index is 499. The Hall–Kier alpha value is -2.44. The summed E-state index contributed by atoms with van der Waals surface area (Å²) < 4.78 is 9.74. The fourth-order valence-corrected chi connectivity index (χ4v) is 1.35. The van der Waals surface area contributed by atoms with E-state index in [-0.39, 0.29) is 23.6 Å². The van der Waals surface area contributed by atoms with Crippen LogP contribution in [0, 0.1) is 16.0 Å². The highest BCUT2D eigenvalue weighted by molar-refractivity contribution is 5.77. The van der Waals surface area contributed by atoms with Gasteiger partial charge in [0.25, 0.3) is 0 Å². The zero-order valence-electron chi connectivity index (χ0n) is 10.5. The number of carbonyl (C=O) groups is 2. The van der Waals surface area contributed by atoms with Crippen molar-refractivity contribution < 1.29 is 24.0 Å². The van der Waals surface area contributed by atoms with Gasteiger partial charge in [-0.05, 0) is 19.1 Å². The summed E-state index contributed by atoms with van der Waals surface area (Å²) in [6.45, 7) is 1.50. The Morgan fingerprint density at radius 2 is 2.21 bits per heavy atom. The first kappa shape index (κ1) is 14.6. The summed E-state index contributed by atoms with van der Waals surface area (Å²) in [6, 6.07) is 3.76. The summed E-state index contributed by atoms with van der Waals surface area (Å²) in [4.78, 5) is 32.0. The summed E-state index contributed by atoms with van der Waals surface area (Å²) in [5.74, 6) is -1.09. The van der Waals surface area contributed by atoms with Crippen LogP contribution < -0.4 is 4.74 Å². The molecular weight excluding hydrogens is 254 g/mol. The highest BCUT2D eigenvalue weighted by Crippen LogP contribution is 2.27. The van der Waals surface area contributed by atoms with Crippen LogP contribution in [0.3, 0.4) is 0 Å². The Labute approximate surface area is 109 Å². The molecule has 0 heterocycles. The lowest BCUT2D eigenvalue weighted by atomic mass is 10.2. The first-order valence-electron chi connectivity index (χ1n) is 5.43. The van der Waals surface area contributed by atoms with Gasteiger partial charge < -0.3 is 9.47 Å². The Morgan fingerprint density at radius 1 is 1.53 bits per heavy atom. The van der Waals surface area contributed by atoms with Crippen LogP contribution in [-0.2, 0) is 9.53 Å². The Morgan fingerprint density at radius 3 is 2.74 bits per heavy atom. The molecule has 0 radical (unpaired) electrons. The molecule has 1 atom stereocenters. The van der Waals surface area contributed by atoms with Gasteiger partial charge in [-0.2, -0.15) is 0 Å². The molecule has 0 amide bonds. The Balaban J connectivity index is 2.89. The third kappa shape index (κ3) is 3.77. The van der Waals surface area contributed by atoms with Crippen molar-refractivity contribution in [2.75, 3.05) is 13.7 Å². The number of hydrogen-bond donors (Lipinski definition) is 0. The topological polar surface area (TPSA) is 95.7 Å². The van der Waals surface area contributed by atoms with E-state index in [1.54, 1.807) is 6.92 Å². The molecule has 0 aromatic heterocycles. The number of nitrogens with zero attached hydrogens (tertiary/aromatic N) is 1. The van der Waals surface area contributed by atoms with E-state index in [4.69, 9.17) is 4.74 Å². The molecule has 0 aliphatic carbocycles. The molecule has 1 unspecified atom stereocenters. The molecule has 0 fully saturated rings. The molecule has 0 saturated heterocycles. The molecule has 19 heavy (non-hydrogen) atoms. The van der Waals surface area contributed by atoms with Gasteiger partial charge >= 0.3 is 11.7 Å². The van der Waals surface area contributed by atoms with Gasteiger partial charge in [0.1, 0.15) is 12.9 Å². The lowest BCUT2D eigenvalue weighted by Crippen LogP contribution is -2.20. The van der Waals surface area contributed by atoms with Gasteiger partial charge in [-0.1, -0.05) is 0 Å². The summed E-state index contributed by atoms with van der Waals surface area (Å²) in [7, 11) is 1.24. The number of rotatable bonds is 6. The monoisotopic (exact) mass is 267 g/mol. The molecule has 0 bridgehead atoms. The third-order valence-electron chi connectivity index (χ3n) is 2.41. The molecule has 0 saturated carbocycles. The van der Waals surface area contributed by atoms with Gasteiger partial charge in [0.2, 0.25) is 0 Å². The van der Waals surface area contributed by atoms with Crippen LogP contribution in [0.5, 0.6) is 5.75 Å². The van der Waals surface area contributed by atoms with Crippen LogP contribution in [0.2, 0.25) is 0 Å². The van der Waals surface area contributed by atoms with Crippen molar-refractivity contribution >= 4 is 17.9 Å². The van der Waals surface area contributed by atoms with E-state index < -0.39 is 16.8 Å². The van der Waals surface area contributed by atoms with Crippen molar-refractivity contribution in [1.82, 2.24) is 0 Å². The number of esters is 1. The van der Waals surface area contributed by atoms with Crippen LogP contribution in [0.25, 0.3) is 0 Å². The van der Waals surface area contributed by atoms with E-state index in [0.29, 0.717) is 6.29 Å². The molecule has 1 aromatic rings.